The standard InChI is InChI=1S/C21H25NO6/c1-22(2)21(24)19(15-9-7-6-8-10-15)28-18(23)13-14-11-16(25-3)20(27-5)17(12-14)26-4/h6-12,19H,13H2,1-5H3/t19-/m0/s1. The van der Waals surface area contributed by atoms with Crippen molar-refractivity contribution in [2.45, 2.75) is 12.5 Å². The molecule has 0 aliphatic carbocycles. The zero-order valence-corrected chi connectivity index (χ0v) is 16.7. The van der Waals surface area contributed by atoms with Gasteiger partial charge in [0, 0.05) is 19.7 Å². The van der Waals surface area contributed by atoms with E-state index in [1.165, 1.54) is 26.2 Å². The molecule has 0 aliphatic heterocycles. The van der Waals surface area contributed by atoms with E-state index in [0.717, 1.165) is 0 Å². The van der Waals surface area contributed by atoms with Gasteiger partial charge in [0.15, 0.2) is 11.5 Å². The Labute approximate surface area is 164 Å². The quantitative estimate of drug-likeness (QED) is 0.649. The molecule has 0 aliphatic rings. The van der Waals surface area contributed by atoms with Crippen LogP contribution in [0.5, 0.6) is 17.2 Å². The van der Waals surface area contributed by atoms with Crippen LogP contribution in [0.25, 0.3) is 0 Å². The molecule has 7 heteroatoms. The molecule has 0 saturated carbocycles. The molecule has 150 valence electrons. The zero-order valence-electron chi connectivity index (χ0n) is 16.7. The minimum absolute atomic E-state index is 0.0548. The first kappa shape index (κ1) is 21.1. The van der Waals surface area contributed by atoms with Crippen molar-refractivity contribution in [1.82, 2.24) is 4.90 Å². The number of benzene rings is 2. The number of carbonyl (C=O) groups is 2. The van der Waals surface area contributed by atoms with Gasteiger partial charge in [-0.2, -0.15) is 0 Å². The van der Waals surface area contributed by atoms with Crippen molar-refractivity contribution in [1.29, 1.82) is 0 Å². The van der Waals surface area contributed by atoms with E-state index in [4.69, 9.17) is 18.9 Å². The summed E-state index contributed by atoms with van der Waals surface area (Å²) in [5.74, 6) is 0.456. The molecule has 0 saturated heterocycles. The lowest BCUT2D eigenvalue weighted by atomic mass is 10.1. The summed E-state index contributed by atoms with van der Waals surface area (Å²) in [6, 6.07) is 12.3. The van der Waals surface area contributed by atoms with Crippen LogP contribution in [-0.4, -0.2) is 52.2 Å². The fourth-order valence-electron chi connectivity index (χ4n) is 2.70. The summed E-state index contributed by atoms with van der Waals surface area (Å²) in [4.78, 5) is 26.5. The second kappa shape index (κ2) is 9.64. The van der Waals surface area contributed by atoms with E-state index in [9.17, 15) is 9.59 Å². The molecule has 2 aromatic rings. The van der Waals surface area contributed by atoms with Gasteiger partial charge in [0.2, 0.25) is 11.9 Å². The Morgan fingerprint density at radius 1 is 0.929 bits per heavy atom. The maximum absolute atomic E-state index is 12.6. The molecular formula is C21H25NO6. The van der Waals surface area contributed by atoms with Gasteiger partial charge in [-0.3, -0.25) is 9.59 Å². The molecule has 0 radical (unpaired) electrons. The number of ether oxygens (including phenoxy) is 4. The smallest absolute Gasteiger partial charge is 0.311 e. The number of hydrogen-bond donors (Lipinski definition) is 0. The first-order valence-electron chi connectivity index (χ1n) is 8.65. The molecule has 0 aromatic heterocycles. The summed E-state index contributed by atoms with van der Waals surface area (Å²) in [7, 11) is 7.74. The molecular weight excluding hydrogens is 362 g/mol. The molecule has 2 rings (SSSR count). The SMILES string of the molecule is COc1cc(CC(=O)O[C@H](C(=O)N(C)C)c2ccccc2)cc(OC)c1OC. The monoisotopic (exact) mass is 387 g/mol. The van der Waals surface area contributed by atoms with Gasteiger partial charge >= 0.3 is 5.97 Å². The van der Waals surface area contributed by atoms with Gasteiger partial charge in [0.25, 0.3) is 5.91 Å². The molecule has 0 heterocycles. The molecule has 0 N–H and O–H groups in total. The number of esters is 1. The Bertz CT molecular complexity index is 794. The number of amides is 1. The lowest BCUT2D eigenvalue weighted by molar-refractivity contribution is -0.159. The topological polar surface area (TPSA) is 74.3 Å². The van der Waals surface area contributed by atoms with Gasteiger partial charge < -0.3 is 23.8 Å². The highest BCUT2D eigenvalue weighted by atomic mass is 16.5. The number of methoxy groups -OCH3 is 3. The van der Waals surface area contributed by atoms with Crippen LogP contribution < -0.4 is 14.2 Å². The predicted octanol–water partition coefficient (Wildman–Crippen LogP) is 2.63. The Morgan fingerprint density at radius 3 is 1.96 bits per heavy atom. The Kier molecular flexibility index (Phi) is 7.26. The molecule has 0 unspecified atom stereocenters. The van der Waals surface area contributed by atoms with Gasteiger partial charge in [0.1, 0.15) is 0 Å². The van der Waals surface area contributed by atoms with Crippen molar-refractivity contribution in [3.63, 3.8) is 0 Å². The minimum Gasteiger partial charge on any atom is -0.493 e. The summed E-state index contributed by atoms with van der Waals surface area (Å²) in [5, 5.41) is 0. The van der Waals surface area contributed by atoms with Crippen LogP contribution in [0.4, 0.5) is 0 Å². The maximum atomic E-state index is 12.6. The van der Waals surface area contributed by atoms with Crippen molar-refractivity contribution < 1.29 is 28.5 Å². The number of rotatable bonds is 8. The largest absolute Gasteiger partial charge is 0.493 e. The number of carbonyl (C=O) groups excluding carboxylic acids is 2. The zero-order chi connectivity index (χ0) is 20.7. The van der Waals surface area contributed by atoms with Gasteiger partial charge in [-0.1, -0.05) is 30.3 Å². The minimum atomic E-state index is -1.01. The van der Waals surface area contributed by atoms with Crippen LogP contribution in [0.15, 0.2) is 42.5 Å². The van der Waals surface area contributed by atoms with Crippen LogP contribution in [0.3, 0.4) is 0 Å². The number of likely N-dealkylation sites (N-methyl/N-ethyl adjacent to an activating group) is 1. The fraction of sp³-hybridized carbons (Fsp3) is 0.333. The van der Waals surface area contributed by atoms with Crippen molar-refractivity contribution in [2.75, 3.05) is 35.4 Å². The third kappa shape index (κ3) is 4.94. The molecule has 1 amide bonds. The summed E-state index contributed by atoms with van der Waals surface area (Å²) >= 11 is 0. The van der Waals surface area contributed by atoms with E-state index in [2.05, 4.69) is 0 Å². The van der Waals surface area contributed by atoms with E-state index in [1.807, 2.05) is 6.07 Å². The van der Waals surface area contributed by atoms with Gasteiger partial charge in [-0.25, -0.2) is 0 Å². The third-order valence-electron chi connectivity index (χ3n) is 4.09. The second-order valence-corrected chi connectivity index (χ2v) is 6.22. The van der Waals surface area contributed by atoms with Gasteiger partial charge in [0.05, 0.1) is 27.8 Å². The van der Waals surface area contributed by atoms with Gasteiger partial charge in [-0.15, -0.1) is 0 Å². The Hall–Kier alpha value is -3.22. The first-order valence-corrected chi connectivity index (χ1v) is 8.65. The van der Waals surface area contributed by atoms with Crippen molar-refractivity contribution in [3.05, 3.63) is 53.6 Å². The highest BCUT2D eigenvalue weighted by Crippen LogP contribution is 2.38. The van der Waals surface area contributed by atoms with E-state index in [0.29, 0.717) is 28.4 Å². The van der Waals surface area contributed by atoms with Crippen LogP contribution in [-0.2, 0) is 20.7 Å². The van der Waals surface area contributed by atoms with Crippen LogP contribution >= 0.6 is 0 Å². The molecule has 0 fully saturated rings. The average molecular weight is 387 g/mol. The van der Waals surface area contributed by atoms with Crippen LogP contribution in [0, 0.1) is 0 Å². The summed E-state index contributed by atoms with van der Waals surface area (Å²) in [6.07, 6.45) is -1.06. The molecule has 1 atom stereocenters. The van der Waals surface area contributed by atoms with Crippen molar-refractivity contribution in [3.8, 4) is 17.2 Å². The predicted molar refractivity (Wildman–Crippen MR) is 104 cm³/mol. The van der Waals surface area contributed by atoms with E-state index in [-0.39, 0.29) is 12.3 Å². The van der Waals surface area contributed by atoms with Crippen molar-refractivity contribution >= 4 is 11.9 Å². The first-order chi connectivity index (χ1) is 13.4. The lowest BCUT2D eigenvalue weighted by Gasteiger charge is -2.21. The normalized spacial score (nSPS) is 11.3. The van der Waals surface area contributed by atoms with Crippen LogP contribution in [0.1, 0.15) is 17.2 Å². The Morgan fingerprint density at radius 2 is 1.50 bits per heavy atom. The Balaban J connectivity index is 2.24. The van der Waals surface area contributed by atoms with Crippen molar-refractivity contribution in [2.24, 2.45) is 0 Å². The molecule has 0 bridgehead atoms. The molecule has 2 aromatic carbocycles. The summed E-state index contributed by atoms with van der Waals surface area (Å²) in [6.45, 7) is 0. The second-order valence-electron chi connectivity index (χ2n) is 6.22. The highest BCUT2D eigenvalue weighted by Gasteiger charge is 2.26. The summed E-state index contributed by atoms with van der Waals surface area (Å²) < 4.78 is 21.4. The number of nitrogens with zero attached hydrogens (tertiary/aromatic N) is 1. The highest BCUT2D eigenvalue weighted by molar-refractivity contribution is 5.85. The number of hydrogen-bond acceptors (Lipinski definition) is 6. The summed E-state index contributed by atoms with van der Waals surface area (Å²) in [5.41, 5.74) is 1.23. The lowest BCUT2D eigenvalue weighted by Crippen LogP contribution is -2.31. The molecule has 7 nitrogen and oxygen atoms in total. The fourth-order valence-corrected chi connectivity index (χ4v) is 2.70. The van der Waals surface area contributed by atoms with E-state index in [1.54, 1.807) is 50.5 Å². The van der Waals surface area contributed by atoms with Gasteiger partial charge in [-0.05, 0) is 17.7 Å². The molecule has 0 spiro atoms. The van der Waals surface area contributed by atoms with Crippen LogP contribution in [0.2, 0.25) is 0 Å². The van der Waals surface area contributed by atoms with E-state index < -0.39 is 12.1 Å². The maximum Gasteiger partial charge on any atom is 0.311 e. The third-order valence-corrected chi connectivity index (χ3v) is 4.09. The van der Waals surface area contributed by atoms with E-state index >= 15 is 0 Å². The average Bonchev–Trinajstić information content (AvgIpc) is 2.71. The molecule has 28 heavy (non-hydrogen) atoms.